The third kappa shape index (κ3) is 3.19. The highest BCUT2D eigenvalue weighted by atomic mass is 32.2. The zero-order valence-corrected chi connectivity index (χ0v) is 12.8. The number of thioether (sulfide) groups is 1. The van der Waals surface area contributed by atoms with E-state index in [0.29, 0.717) is 25.4 Å². The van der Waals surface area contributed by atoms with Crippen molar-refractivity contribution >= 4 is 23.3 Å². The van der Waals surface area contributed by atoms with Crippen LogP contribution in [-0.4, -0.2) is 57.0 Å². The van der Waals surface area contributed by atoms with Gasteiger partial charge in [0.25, 0.3) is 0 Å². The maximum atomic E-state index is 12.3. The Hall–Kier alpha value is -1.60. The maximum absolute atomic E-state index is 12.3. The van der Waals surface area contributed by atoms with Gasteiger partial charge in [-0.05, 0) is 18.6 Å². The monoisotopic (exact) mass is 306 g/mol. The van der Waals surface area contributed by atoms with Crippen molar-refractivity contribution < 1.29 is 9.53 Å². The molecule has 0 unspecified atom stereocenters. The van der Waals surface area contributed by atoms with Gasteiger partial charge in [0.15, 0.2) is 10.8 Å². The normalized spacial score (nSPS) is 19.1. The van der Waals surface area contributed by atoms with Crippen LogP contribution in [0.15, 0.2) is 29.6 Å². The minimum Gasteiger partial charge on any atom is -0.375 e. The quantitative estimate of drug-likeness (QED) is 0.800. The van der Waals surface area contributed by atoms with Gasteiger partial charge in [-0.3, -0.25) is 9.20 Å². The SMILES string of the molecule is CC[C@H]1CN(C(=O)CSc2nnc3ccccn23)CCO1. The second-order valence-electron chi connectivity index (χ2n) is 4.94. The summed E-state index contributed by atoms with van der Waals surface area (Å²) < 4.78 is 7.48. The molecule has 21 heavy (non-hydrogen) atoms. The van der Waals surface area contributed by atoms with Crippen LogP contribution >= 0.6 is 11.8 Å². The lowest BCUT2D eigenvalue weighted by molar-refractivity contribution is -0.135. The predicted octanol–water partition coefficient (Wildman–Crippen LogP) is 1.46. The molecule has 3 rings (SSSR count). The molecule has 0 aliphatic carbocycles. The number of rotatable bonds is 4. The summed E-state index contributed by atoms with van der Waals surface area (Å²) in [6.45, 7) is 4.07. The number of fused-ring (bicyclic) bond motifs is 1. The molecule has 0 spiro atoms. The Balaban J connectivity index is 1.60. The van der Waals surface area contributed by atoms with E-state index in [9.17, 15) is 4.79 Å². The van der Waals surface area contributed by atoms with Gasteiger partial charge in [0, 0.05) is 19.3 Å². The number of hydrogen-bond donors (Lipinski definition) is 0. The Bertz CT molecular complexity index is 630. The summed E-state index contributed by atoms with van der Waals surface area (Å²) in [5, 5.41) is 8.95. The lowest BCUT2D eigenvalue weighted by atomic mass is 10.2. The molecule has 1 fully saturated rings. The van der Waals surface area contributed by atoms with Gasteiger partial charge in [-0.2, -0.15) is 0 Å². The highest BCUT2D eigenvalue weighted by Gasteiger charge is 2.23. The van der Waals surface area contributed by atoms with E-state index in [1.807, 2.05) is 33.7 Å². The van der Waals surface area contributed by atoms with E-state index in [0.717, 1.165) is 17.2 Å². The molecule has 0 bridgehead atoms. The Morgan fingerprint density at radius 1 is 1.48 bits per heavy atom. The lowest BCUT2D eigenvalue weighted by Gasteiger charge is -2.32. The number of ether oxygens (including phenoxy) is 1. The molecule has 1 aliphatic heterocycles. The second kappa shape index (κ2) is 6.44. The number of amides is 1. The average molecular weight is 306 g/mol. The second-order valence-corrected chi connectivity index (χ2v) is 5.88. The summed E-state index contributed by atoms with van der Waals surface area (Å²) in [7, 11) is 0. The molecule has 1 aliphatic rings. The summed E-state index contributed by atoms with van der Waals surface area (Å²) in [5.41, 5.74) is 0.796. The number of carbonyl (C=O) groups is 1. The van der Waals surface area contributed by atoms with Crippen LogP contribution in [0.4, 0.5) is 0 Å². The first kappa shape index (κ1) is 14.3. The third-order valence-electron chi connectivity index (χ3n) is 3.55. The fourth-order valence-corrected chi connectivity index (χ4v) is 3.16. The van der Waals surface area contributed by atoms with E-state index in [2.05, 4.69) is 17.1 Å². The van der Waals surface area contributed by atoms with Gasteiger partial charge in [-0.1, -0.05) is 24.8 Å². The predicted molar refractivity (Wildman–Crippen MR) is 80.3 cm³/mol. The van der Waals surface area contributed by atoms with E-state index in [1.54, 1.807) is 0 Å². The van der Waals surface area contributed by atoms with Gasteiger partial charge in [0.05, 0.1) is 18.5 Å². The van der Waals surface area contributed by atoms with Crippen molar-refractivity contribution in [3.63, 3.8) is 0 Å². The first-order valence-corrected chi connectivity index (χ1v) is 8.08. The average Bonchev–Trinajstić information content (AvgIpc) is 2.96. The van der Waals surface area contributed by atoms with E-state index in [-0.39, 0.29) is 12.0 Å². The Morgan fingerprint density at radius 2 is 2.38 bits per heavy atom. The Morgan fingerprint density at radius 3 is 3.24 bits per heavy atom. The fraction of sp³-hybridized carbons (Fsp3) is 0.500. The molecule has 112 valence electrons. The molecule has 3 heterocycles. The summed E-state index contributed by atoms with van der Waals surface area (Å²) in [6, 6.07) is 5.74. The number of aromatic nitrogens is 3. The van der Waals surface area contributed by atoms with Crippen LogP contribution in [0.25, 0.3) is 5.65 Å². The van der Waals surface area contributed by atoms with Crippen LogP contribution in [0.2, 0.25) is 0 Å². The zero-order valence-electron chi connectivity index (χ0n) is 11.9. The number of hydrogen-bond acceptors (Lipinski definition) is 5. The number of nitrogens with zero attached hydrogens (tertiary/aromatic N) is 4. The minimum atomic E-state index is 0.134. The molecule has 0 N–H and O–H groups in total. The van der Waals surface area contributed by atoms with Crippen molar-refractivity contribution in [1.82, 2.24) is 19.5 Å². The molecule has 7 heteroatoms. The van der Waals surface area contributed by atoms with E-state index in [1.165, 1.54) is 11.8 Å². The highest BCUT2D eigenvalue weighted by Crippen LogP contribution is 2.18. The molecule has 1 saturated heterocycles. The highest BCUT2D eigenvalue weighted by molar-refractivity contribution is 7.99. The van der Waals surface area contributed by atoms with Crippen molar-refractivity contribution in [2.75, 3.05) is 25.4 Å². The fourth-order valence-electron chi connectivity index (χ4n) is 2.33. The number of pyridine rings is 1. The molecular formula is C14H18N4O2S. The summed E-state index contributed by atoms with van der Waals surface area (Å²) >= 11 is 1.42. The Kier molecular flexibility index (Phi) is 4.40. The van der Waals surface area contributed by atoms with Crippen LogP contribution in [0.5, 0.6) is 0 Å². The maximum Gasteiger partial charge on any atom is 0.233 e. The molecule has 0 saturated carbocycles. The van der Waals surface area contributed by atoms with E-state index in [4.69, 9.17) is 4.74 Å². The van der Waals surface area contributed by atoms with Crippen LogP contribution in [0, 0.1) is 0 Å². The van der Waals surface area contributed by atoms with Gasteiger partial charge in [-0.25, -0.2) is 0 Å². The molecular weight excluding hydrogens is 288 g/mol. The van der Waals surface area contributed by atoms with Crippen molar-refractivity contribution in [1.29, 1.82) is 0 Å². The Labute approximate surface area is 127 Å². The first-order valence-electron chi connectivity index (χ1n) is 7.10. The van der Waals surface area contributed by atoms with Crippen molar-refractivity contribution in [2.45, 2.75) is 24.6 Å². The smallest absolute Gasteiger partial charge is 0.233 e. The third-order valence-corrected chi connectivity index (χ3v) is 4.48. The van der Waals surface area contributed by atoms with Gasteiger partial charge < -0.3 is 9.64 Å². The van der Waals surface area contributed by atoms with Crippen LogP contribution < -0.4 is 0 Å². The van der Waals surface area contributed by atoms with Gasteiger partial charge >= 0.3 is 0 Å². The van der Waals surface area contributed by atoms with Gasteiger partial charge in [-0.15, -0.1) is 10.2 Å². The van der Waals surface area contributed by atoms with Crippen LogP contribution in [0.3, 0.4) is 0 Å². The topological polar surface area (TPSA) is 59.7 Å². The van der Waals surface area contributed by atoms with E-state index < -0.39 is 0 Å². The standard InChI is InChI=1S/C14H18N4O2S/c1-2-11-9-17(7-8-20-11)13(19)10-21-14-16-15-12-5-3-4-6-18(12)14/h3-6,11H,2,7-10H2,1H3/t11-/m0/s1. The molecule has 0 radical (unpaired) electrons. The largest absolute Gasteiger partial charge is 0.375 e. The van der Waals surface area contributed by atoms with Crippen molar-refractivity contribution in [2.24, 2.45) is 0 Å². The minimum absolute atomic E-state index is 0.134. The molecule has 0 aromatic carbocycles. The van der Waals surface area contributed by atoms with Crippen LogP contribution in [-0.2, 0) is 9.53 Å². The number of morpholine rings is 1. The molecule has 2 aromatic heterocycles. The zero-order chi connectivity index (χ0) is 14.7. The lowest BCUT2D eigenvalue weighted by Crippen LogP contribution is -2.46. The molecule has 6 nitrogen and oxygen atoms in total. The van der Waals surface area contributed by atoms with Crippen LogP contribution in [0.1, 0.15) is 13.3 Å². The first-order chi connectivity index (χ1) is 10.3. The van der Waals surface area contributed by atoms with Crippen molar-refractivity contribution in [3.8, 4) is 0 Å². The molecule has 2 aromatic rings. The van der Waals surface area contributed by atoms with Gasteiger partial charge in [0.2, 0.25) is 5.91 Å². The summed E-state index contributed by atoms with van der Waals surface area (Å²) in [5.74, 6) is 0.515. The molecule has 1 atom stereocenters. The van der Waals surface area contributed by atoms with Crippen molar-refractivity contribution in [3.05, 3.63) is 24.4 Å². The molecule has 1 amide bonds. The van der Waals surface area contributed by atoms with Gasteiger partial charge in [0.1, 0.15) is 0 Å². The van der Waals surface area contributed by atoms with E-state index >= 15 is 0 Å². The number of carbonyl (C=O) groups excluding carboxylic acids is 1. The summed E-state index contributed by atoms with van der Waals surface area (Å²) in [4.78, 5) is 14.2. The summed E-state index contributed by atoms with van der Waals surface area (Å²) in [6.07, 6.45) is 3.01.